The zero-order chi connectivity index (χ0) is 20.8. The first-order valence-corrected chi connectivity index (χ1v) is 9.97. The van der Waals surface area contributed by atoms with Crippen LogP contribution in [0.3, 0.4) is 0 Å². The van der Waals surface area contributed by atoms with Crippen LogP contribution in [-0.4, -0.2) is 35.5 Å². The zero-order valence-corrected chi connectivity index (χ0v) is 17.0. The van der Waals surface area contributed by atoms with Crippen LogP contribution in [0.4, 0.5) is 5.95 Å². The normalized spacial score (nSPS) is 18.4. The minimum Gasteiger partial charge on any atom is -0.384 e. The summed E-state index contributed by atoms with van der Waals surface area (Å²) in [6.07, 6.45) is 5.25. The minimum absolute atomic E-state index is 0.153. The molecule has 0 aliphatic heterocycles. The molecular weight excluding hydrogens is 368 g/mol. The first-order chi connectivity index (χ1) is 13.9. The van der Waals surface area contributed by atoms with Crippen molar-refractivity contribution in [1.29, 1.82) is 0 Å². The molecule has 8 nitrogen and oxygen atoms in total. The first-order valence-electron chi connectivity index (χ1n) is 9.97. The highest BCUT2D eigenvalue weighted by atomic mass is 16.3. The summed E-state index contributed by atoms with van der Waals surface area (Å²) in [5, 5.41) is 14.5. The molecule has 3 aromatic rings. The van der Waals surface area contributed by atoms with Gasteiger partial charge in [0, 0.05) is 12.2 Å². The highest BCUT2D eigenvalue weighted by Gasteiger charge is 2.37. The number of aliphatic hydroxyl groups is 1. The van der Waals surface area contributed by atoms with E-state index in [9.17, 15) is 9.90 Å². The number of aromatic nitrogens is 5. The van der Waals surface area contributed by atoms with Crippen molar-refractivity contribution < 1.29 is 5.11 Å². The highest BCUT2D eigenvalue weighted by Crippen LogP contribution is 2.38. The van der Waals surface area contributed by atoms with Gasteiger partial charge in [-0.2, -0.15) is 4.98 Å². The summed E-state index contributed by atoms with van der Waals surface area (Å²) in [5.74, 6) is 0.990. The molecule has 0 saturated carbocycles. The van der Waals surface area contributed by atoms with Gasteiger partial charge < -0.3 is 10.4 Å². The Morgan fingerprint density at radius 2 is 2.17 bits per heavy atom. The number of pyridine rings is 1. The van der Waals surface area contributed by atoms with Crippen LogP contribution < -0.4 is 10.9 Å². The summed E-state index contributed by atoms with van der Waals surface area (Å²) in [7, 11) is 0. The molecule has 0 amide bonds. The molecule has 3 aromatic heterocycles. The molecule has 0 unspecified atom stereocenters. The lowest BCUT2D eigenvalue weighted by Gasteiger charge is -2.21. The number of hydrogen-bond acceptors (Lipinski definition) is 6. The maximum atomic E-state index is 13.0. The number of rotatable bonds is 6. The van der Waals surface area contributed by atoms with Crippen molar-refractivity contribution in [2.45, 2.75) is 58.2 Å². The van der Waals surface area contributed by atoms with Gasteiger partial charge in [-0.05, 0) is 44.7 Å². The summed E-state index contributed by atoms with van der Waals surface area (Å²) in [5.41, 5.74) is 1.07. The summed E-state index contributed by atoms with van der Waals surface area (Å²) in [6.45, 7) is 10.0. The molecule has 29 heavy (non-hydrogen) atoms. The molecule has 2 N–H and O–H groups in total. The van der Waals surface area contributed by atoms with Crippen LogP contribution in [0.5, 0.6) is 0 Å². The Kier molecular flexibility index (Phi) is 4.74. The van der Waals surface area contributed by atoms with Crippen molar-refractivity contribution in [3.8, 4) is 5.82 Å². The van der Waals surface area contributed by atoms with Gasteiger partial charge in [-0.3, -0.25) is 4.79 Å². The smallest absolute Gasteiger partial charge is 0.278 e. The van der Waals surface area contributed by atoms with E-state index in [4.69, 9.17) is 4.98 Å². The zero-order valence-electron chi connectivity index (χ0n) is 17.0. The average molecular weight is 394 g/mol. The lowest BCUT2D eigenvalue weighted by atomic mass is 9.98. The molecule has 0 bridgehead atoms. The average Bonchev–Trinajstić information content (AvgIpc) is 3.17. The molecule has 0 spiro atoms. The second kappa shape index (κ2) is 7.11. The largest absolute Gasteiger partial charge is 0.384 e. The second-order valence-electron chi connectivity index (χ2n) is 7.78. The van der Waals surface area contributed by atoms with E-state index in [0.717, 1.165) is 12.0 Å². The fourth-order valence-electron chi connectivity index (χ4n) is 3.88. The van der Waals surface area contributed by atoms with E-state index in [0.29, 0.717) is 47.9 Å². The lowest BCUT2D eigenvalue weighted by molar-refractivity contribution is 0.0306. The molecule has 152 valence electrons. The van der Waals surface area contributed by atoms with Gasteiger partial charge in [0.2, 0.25) is 5.95 Å². The number of nitrogens with one attached hydrogen (secondary N) is 1. The third kappa shape index (κ3) is 3.13. The predicted molar refractivity (Wildman–Crippen MR) is 112 cm³/mol. The van der Waals surface area contributed by atoms with E-state index in [-0.39, 0.29) is 11.6 Å². The third-order valence-corrected chi connectivity index (χ3v) is 5.41. The monoisotopic (exact) mass is 394 g/mol. The highest BCUT2D eigenvalue weighted by molar-refractivity contribution is 5.76. The van der Waals surface area contributed by atoms with E-state index in [1.165, 1.54) is 0 Å². The molecule has 8 heteroatoms. The van der Waals surface area contributed by atoms with Crippen molar-refractivity contribution in [1.82, 2.24) is 24.3 Å². The quantitative estimate of drug-likeness (QED) is 0.624. The van der Waals surface area contributed by atoms with Crippen molar-refractivity contribution in [3.05, 3.63) is 52.6 Å². The Morgan fingerprint density at radius 1 is 1.38 bits per heavy atom. The van der Waals surface area contributed by atoms with Crippen LogP contribution in [0, 0.1) is 0 Å². The van der Waals surface area contributed by atoms with Crippen LogP contribution >= 0.6 is 0 Å². The standard InChI is InChI=1S/C21H26N6O2/c1-5-11-26-19(28)15-12-22-20(23-13(3)4)25-18(15)27(26)16-8-7-14-9-10-21(29,6-2)17(14)24-16/h5,7-8,12-13,29H,1,6,9-11H2,2-4H3,(H,22,23,25)/t21-/m1/s1. The van der Waals surface area contributed by atoms with Gasteiger partial charge in [0.15, 0.2) is 11.5 Å². The number of allylic oxidation sites excluding steroid dienone is 1. The van der Waals surface area contributed by atoms with Gasteiger partial charge in [-0.1, -0.05) is 19.1 Å². The first kappa shape index (κ1) is 19.3. The van der Waals surface area contributed by atoms with Crippen LogP contribution in [0.15, 0.2) is 35.8 Å². The van der Waals surface area contributed by atoms with Gasteiger partial charge in [-0.15, -0.1) is 6.58 Å². The maximum absolute atomic E-state index is 13.0. The van der Waals surface area contributed by atoms with Gasteiger partial charge >= 0.3 is 0 Å². The van der Waals surface area contributed by atoms with Crippen LogP contribution in [-0.2, 0) is 18.6 Å². The Morgan fingerprint density at radius 3 is 2.86 bits per heavy atom. The third-order valence-electron chi connectivity index (χ3n) is 5.41. The van der Waals surface area contributed by atoms with Gasteiger partial charge in [0.25, 0.3) is 5.56 Å². The topological polar surface area (TPSA) is 97.9 Å². The molecule has 3 heterocycles. The van der Waals surface area contributed by atoms with Crippen molar-refractivity contribution in [3.63, 3.8) is 0 Å². The van der Waals surface area contributed by atoms with Crippen LogP contribution in [0.1, 0.15) is 44.9 Å². The van der Waals surface area contributed by atoms with E-state index in [1.807, 2.05) is 32.9 Å². The van der Waals surface area contributed by atoms with E-state index in [2.05, 4.69) is 21.9 Å². The van der Waals surface area contributed by atoms with Crippen molar-refractivity contribution >= 4 is 17.0 Å². The van der Waals surface area contributed by atoms with Crippen molar-refractivity contribution in [2.75, 3.05) is 5.32 Å². The second-order valence-corrected chi connectivity index (χ2v) is 7.78. The molecule has 0 radical (unpaired) electrons. The molecule has 0 aromatic carbocycles. The lowest BCUT2D eigenvalue weighted by Crippen LogP contribution is -2.25. The number of fused-ring (bicyclic) bond motifs is 2. The Hall–Kier alpha value is -3.00. The maximum Gasteiger partial charge on any atom is 0.278 e. The Balaban J connectivity index is 1.97. The fourth-order valence-corrected chi connectivity index (χ4v) is 3.88. The molecule has 1 atom stereocenters. The minimum atomic E-state index is -0.933. The van der Waals surface area contributed by atoms with Gasteiger partial charge in [0.1, 0.15) is 11.0 Å². The Labute approximate surface area is 168 Å². The SMILES string of the molecule is C=CCn1c(=O)c2cnc(NC(C)C)nc2n1-c1ccc2c(n1)[C@@](O)(CC)CC2. The Bertz CT molecular complexity index is 1150. The van der Waals surface area contributed by atoms with E-state index < -0.39 is 5.60 Å². The molecule has 0 saturated heterocycles. The van der Waals surface area contributed by atoms with Gasteiger partial charge in [-0.25, -0.2) is 19.3 Å². The number of anilines is 1. The number of hydrogen-bond donors (Lipinski definition) is 2. The predicted octanol–water partition coefficient (Wildman–Crippen LogP) is 2.53. The number of aryl methyl sites for hydroxylation is 1. The molecular formula is C21H26N6O2. The van der Waals surface area contributed by atoms with E-state index >= 15 is 0 Å². The number of nitrogens with zero attached hydrogens (tertiary/aromatic N) is 5. The van der Waals surface area contributed by atoms with Gasteiger partial charge in [0.05, 0.1) is 12.2 Å². The molecule has 1 aliphatic carbocycles. The van der Waals surface area contributed by atoms with Crippen molar-refractivity contribution in [2.24, 2.45) is 0 Å². The molecule has 1 aliphatic rings. The summed E-state index contributed by atoms with van der Waals surface area (Å²) in [6, 6.07) is 4.01. The fraction of sp³-hybridized carbons (Fsp3) is 0.429. The summed E-state index contributed by atoms with van der Waals surface area (Å²) in [4.78, 5) is 26.6. The van der Waals surface area contributed by atoms with Crippen LogP contribution in [0.25, 0.3) is 16.9 Å². The molecule has 0 fully saturated rings. The summed E-state index contributed by atoms with van der Waals surface area (Å²) >= 11 is 0. The van der Waals surface area contributed by atoms with E-state index in [1.54, 1.807) is 21.6 Å². The summed E-state index contributed by atoms with van der Waals surface area (Å²) < 4.78 is 3.24. The van der Waals surface area contributed by atoms with Crippen LogP contribution in [0.2, 0.25) is 0 Å². The molecule has 4 rings (SSSR count).